The molecule has 0 bridgehead atoms. The Labute approximate surface area is 119 Å². The predicted molar refractivity (Wildman–Crippen MR) is 79.2 cm³/mol. The molecule has 0 saturated heterocycles. The van der Waals surface area contributed by atoms with Gasteiger partial charge in [-0.05, 0) is 49.2 Å². The van der Waals surface area contributed by atoms with Crippen molar-refractivity contribution in [2.75, 3.05) is 24.5 Å². The van der Waals surface area contributed by atoms with Crippen molar-refractivity contribution >= 4 is 5.69 Å². The zero-order chi connectivity index (χ0) is 14.4. The molecule has 0 atom stereocenters. The van der Waals surface area contributed by atoms with Crippen molar-refractivity contribution in [1.29, 1.82) is 0 Å². The number of anilines is 1. The van der Waals surface area contributed by atoms with E-state index in [1.807, 2.05) is 31.6 Å². The third-order valence-corrected chi connectivity index (χ3v) is 3.25. The number of aryl methyl sites for hydroxylation is 1. The Balaban J connectivity index is 2.01. The van der Waals surface area contributed by atoms with E-state index in [-0.39, 0.29) is 5.82 Å². The van der Waals surface area contributed by atoms with Gasteiger partial charge in [-0.2, -0.15) is 5.10 Å². The number of halogens is 1. The van der Waals surface area contributed by atoms with Crippen molar-refractivity contribution in [3.8, 4) is 0 Å². The number of hydrogen-bond donors (Lipinski definition) is 1. The van der Waals surface area contributed by atoms with E-state index in [1.54, 1.807) is 4.68 Å². The molecule has 5 heteroatoms. The lowest BCUT2D eigenvalue weighted by molar-refractivity contribution is 0.627. The standard InChI is InChI=1S/C15H21FN4/c1-19-12-13(11-18-19)7-10-20(9-2-8-17)15-5-3-14(16)4-6-15/h3-6,11-12H,2,7-10,17H2,1H3. The van der Waals surface area contributed by atoms with E-state index >= 15 is 0 Å². The molecule has 1 aromatic carbocycles. The van der Waals surface area contributed by atoms with Crippen LogP contribution < -0.4 is 10.6 Å². The van der Waals surface area contributed by atoms with Crippen LogP contribution >= 0.6 is 0 Å². The van der Waals surface area contributed by atoms with E-state index in [0.29, 0.717) is 6.54 Å². The van der Waals surface area contributed by atoms with Crippen molar-refractivity contribution in [2.24, 2.45) is 12.8 Å². The van der Waals surface area contributed by atoms with E-state index in [0.717, 1.165) is 31.6 Å². The molecular weight excluding hydrogens is 255 g/mol. The Hall–Kier alpha value is -1.88. The first kappa shape index (κ1) is 14.5. The fourth-order valence-corrected chi connectivity index (χ4v) is 2.17. The average Bonchev–Trinajstić information content (AvgIpc) is 2.86. The summed E-state index contributed by atoms with van der Waals surface area (Å²) < 4.78 is 14.8. The molecule has 20 heavy (non-hydrogen) atoms. The Morgan fingerprint density at radius 1 is 1.25 bits per heavy atom. The van der Waals surface area contributed by atoms with E-state index in [1.165, 1.54) is 17.7 Å². The molecule has 0 aliphatic carbocycles. The van der Waals surface area contributed by atoms with Crippen LogP contribution in [0.25, 0.3) is 0 Å². The van der Waals surface area contributed by atoms with Gasteiger partial charge in [-0.1, -0.05) is 0 Å². The summed E-state index contributed by atoms with van der Waals surface area (Å²) >= 11 is 0. The van der Waals surface area contributed by atoms with Gasteiger partial charge in [-0.3, -0.25) is 4.68 Å². The molecule has 0 radical (unpaired) electrons. The zero-order valence-corrected chi connectivity index (χ0v) is 11.8. The van der Waals surface area contributed by atoms with Crippen LogP contribution in [0.2, 0.25) is 0 Å². The van der Waals surface area contributed by atoms with Crippen molar-refractivity contribution in [3.63, 3.8) is 0 Å². The number of nitrogens with zero attached hydrogens (tertiary/aromatic N) is 3. The number of hydrogen-bond acceptors (Lipinski definition) is 3. The van der Waals surface area contributed by atoms with Crippen LogP contribution in [0.3, 0.4) is 0 Å². The first-order chi connectivity index (χ1) is 9.69. The fourth-order valence-electron chi connectivity index (χ4n) is 2.17. The molecule has 0 fully saturated rings. The highest BCUT2D eigenvalue weighted by Crippen LogP contribution is 2.16. The fraction of sp³-hybridized carbons (Fsp3) is 0.400. The summed E-state index contributed by atoms with van der Waals surface area (Å²) in [4.78, 5) is 2.24. The molecule has 1 heterocycles. The largest absolute Gasteiger partial charge is 0.371 e. The Bertz CT molecular complexity index is 521. The molecule has 2 N–H and O–H groups in total. The lowest BCUT2D eigenvalue weighted by Crippen LogP contribution is -2.28. The second-order valence-corrected chi connectivity index (χ2v) is 4.88. The Morgan fingerprint density at radius 3 is 2.60 bits per heavy atom. The first-order valence-electron chi connectivity index (χ1n) is 6.87. The van der Waals surface area contributed by atoms with Gasteiger partial charge < -0.3 is 10.6 Å². The topological polar surface area (TPSA) is 47.1 Å². The minimum atomic E-state index is -0.209. The molecule has 1 aromatic heterocycles. The van der Waals surface area contributed by atoms with Crippen LogP contribution in [-0.2, 0) is 13.5 Å². The van der Waals surface area contributed by atoms with E-state index in [2.05, 4.69) is 10.00 Å². The summed E-state index contributed by atoms with van der Waals surface area (Å²) in [6, 6.07) is 6.62. The highest BCUT2D eigenvalue weighted by atomic mass is 19.1. The highest BCUT2D eigenvalue weighted by Gasteiger charge is 2.07. The predicted octanol–water partition coefficient (Wildman–Crippen LogP) is 1.96. The zero-order valence-electron chi connectivity index (χ0n) is 11.8. The maximum Gasteiger partial charge on any atom is 0.123 e. The highest BCUT2D eigenvalue weighted by molar-refractivity contribution is 5.46. The van der Waals surface area contributed by atoms with Crippen LogP contribution in [0.5, 0.6) is 0 Å². The van der Waals surface area contributed by atoms with Crippen LogP contribution in [0, 0.1) is 5.82 Å². The van der Waals surface area contributed by atoms with Crippen LogP contribution in [0.1, 0.15) is 12.0 Å². The Kier molecular flexibility index (Phi) is 5.12. The van der Waals surface area contributed by atoms with Gasteiger partial charge >= 0.3 is 0 Å². The molecular formula is C15H21FN4. The molecule has 0 aliphatic rings. The smallest absolute Gasteiger partial charge is 0.123 e. The molecule has 4 nitrogen and oxygen atoms in total. The van der Waals surface area contributed by atoms with Gasteiger partial charge in [0.2, 0.25) is 0 Å². The second kappa shape index (κ2) is 7.05. The Morgan fingerprint density at radius 2 is 2.00 bits per heavy atom. The van der Waals surface area contributed by atoms with Gasteiger partial charge in [0.05, 0.1) is 6.20 Å². The van der Waals surface area contributed by atoms with Gasteiger partial charge in [-0.15, -0.1) is 0 Å². The van der Waals surface area contributed by atoms with Gasteiger partial charge in [0.1, 0.15) is 5.82 Å². The van der Waals surface area contributed by atoms with Gasteiger partial charge in [0, 0.05) is 32.0 Å². The minimum absolute atomic E-state index is 0.209. The lowest BCUT2D eigenvalue weighted by atomic mass is 10.2. The van der Waals surface area contributed by atoms with E-state index in [9.17, 15) is 4.39 Å². The maximum absolute atomic E-state index is 13.0. The van der Waals surface area contributed by atoms with Crippen molar-refractivity contribution in [3.05, 3.63) is 48.0 Å². The van der Waals surface area contributed by atoms with E-state index < -0.39 is 0 Å². The number of benzene rings is 1. The minimum Gasteiger partial charge on any atom is -0.371 e. The summed E-state index contributed by atoms with van der Waals surface area (Å²) in [6.07, 6.45) is 5.73. The SMILES string of the molecule is Cn1cc(CCN(CCCN)c2ccc(F)cc2)cn1. The lowest BCUT2D eigenvalue weighted by Gasteiger charge is -2.24. The number of aromatic nitrogens is 2. The van der Waals surface area contributed by atoms with Crippen molar-refractivity contribution in [1.82, 2.24) is 9.78 Å². The summed E-state index contributed by atoms with van der Waals surface area (Å²) in [5, 5.41) is 4.17. The molecule has 2 aromatic rings. The van der Waals surface area contributed by atoms with Crippen LogP contribution in [0.4, 0.5) is 10.1 Å². The summed E-state index contributed by atoms with van der Waals surface area (Å²) in [6.45, 7) is 2.41. The molecule has 108 valence electrons. The molecule has 0 saturated carbocycles. The third kappa shape index (κ3) is 4.06. The number of rotatable bonds is 7. The monoisotopic (exact) mass is 276 g/mol. The quantitative estimate of drug-likeness (QED) is 0.841. The van der Waals surface area contributed by atoms with E-state index in [4.69, 9.17) is 5.73 Å². The van der Waals surface area contributed by atoms with Gasteiger partial charge in [0.25, 0.3) is 0 Å². The summed E-state index contributed by atoms with van der Waals surface area (Å²) in [5.74, 6) is -0.209. The van der Waals surface area contributed by atoms with Gasteiger partial charge in [0.15, 0.2) is 0 Å². The normalized spacial score (nSPS) is 10.8. The number of nitrogens with two attached hydrogens (primary N) is 1. The second-order valence-electron chi connectivity index (χ2n) is 4.88. The van der Waals surface area contributed by atoms with Crippen molar-refractivity contribution in [2.45, 2.75) is 12.8 Å². The molecule has 0 spiro atoms. The maximum atomic E-state index is 13.0. The van der Waals surface area contributed by atoms with Gasteiger partial charge in [-0.25, -0.2) is 4.39 Å². The van der Waals surface area contributed by atoms with Crippen LogP contribution in [0.15, 0.2) is 36.7 Å². The van der Waals surface area contributed by atoms with Crippen molar-refractivity contribution < 1.29 is 4.39 Å². The molecule has 0 amide bonds. The third-order valence-electron chi connectivity index (χ3n) is 3.25. The summed E-state index contributed by atoms with van der Waals surface area (Å²) in [7, 11) is 1.91. The summed E-state index contributed by atoms with van der Waals surface area (Å²) in [5.41, 5.74) is 7.82. The average molecular weight is 276 g/mol. The molecule has 2 rings (SSSR count). The first-order valence-corrected chi connectivity index (χ1v) is 6.87. The molecule has 0 aliphatic heterocycles. The molecule has 0 unspecified atom stereocenters. The van der Waals surface area contributed by atoms with Crippen LogP contribution in [-0.4, -0.2) is 29.4 Å².